The van der Waals surface area contributed by atoms with Crippen LogP contribution in [-0.4, -0.2) is 40.3 Å². The fraction of sp³-hybridized carbons (Fsp3) is 0.438. The first-order valence-corrected chi connectivity index (χ1v) is 7.79. The van der Waals surface area contributed by atoms with Gasteiger partial charge in [0.15, 0.2) is 5.82 Å². The molecule has 22 heavy (non-hydrogen) atoms. The molecule has 1 saturated heterocycles. The molecule has 1 fully saturated rings. The van der Waals surface area contributed by atoms with E-state index in [0.29, 0.717) is 24.0 Å². The van der Waals surface area contributed by atoms with Gasteiger partial charge in [-0.25, -0.2) is 9.67 Å². The quantitative estimate of drug-likeness (QED) is 0.875. The van der Waals surface area contributed by atoms with Crippen LogP contribution in [0.4, 0.5) is 0 Å². The van der Waals surface area contributed by atoms with Crippen LogP contribution in [0.2, 0.25) is 0 Å². The Morgan fingerprint density at radius 1 is 1.41 bits per heavy atom. The highest BCUT2D eigenvalue weighted by molar-refractivity contribution is 5.92. The lowest BCUT2D eigenvalue weighted by Gasteiger charge is -2.22. The Morgan fingerprint density at radius 3 is 3.14 bits per heavy atom. The van der Waals surface area contributed by atoms with E-state index in [1.165, 1.54) is 12.8 Å². The van der Waals surface area contributed by atoms with Gasteiger partial charge in [0.05, 0.1) is 0 Å². The standard InChI is InChI=1S/C16H21N5O/c22-16(18-10-7-13-4-2-8-17-12-13)14-5-1-6-15(20-14)21-11-3-9-19-21/h1,3,5-6,9,11,13,17H,2,4,7-8,10,12H2,(H,18,22). The zero-order chi connectivity index (χ0) is 15.2. The number of nitrogens with zero attached hydrogens (tertiary/aromatic N) is 3. The molecule has 0 aliphatic carbocycles. The maximum Gasteiger partial charge on any atom is 0.269 e. The van der Waals surface area contributed by atoms with Crippen LogP contribution in [0, 0.1) is 5.92 Å². The van der Waals surface area contributed by atoms with Crippen LogP contribution in [0.1, 0.15) is 29.8 Å². The van der Waals surface area contributed by atoms with Crippen LogP contribution < -0.4 is 10.6 Å². The average Bonchev–Trinajstić information content (AvgIpc) is 3.10. The summed E-state index contributed by atoms with van der Waals surface area (Å²) >= 11 is 0. The number of aromatic nitrogens is 3. The van der Waals surface area contributed by atoms with E-state index in [0.717, 1.165) is 19.5 Å². The van der Waals surface area contributed by atoms with Crippen molar-refractivity contribution >= 4 is 5.91 Å². The summed E-state index contributed by atoms with van der Waals surface area (Å²) in [6.07, 6.45) is 6.98. The average molecular weight is 299 g/mol. The van der Waals surface area contributed by atoms with Gasteiger partial charge >= 0.3 is 0 Å². The largest absolute Gasteiger partial charge is 0.351 e. The highest BCUT2D eigenvalue weighted by Crippen LogP contribution is 2.13. The molecular weight excluding hydrogens is 278 g/mol. The molecule has 0 aromatic carbocycles. The number of carbonyl (C=O) groups excluding carboxylic acids is 1. The van der Waals surface area contributed by atoms with E-state index in [-0.39, 0.29) is 5.91 Å². The number of rotatable bonds is 5. The number of hydrogen-bond acceptors (Lipinski definition) is 4. The minimum atomic E-state index is -0.127. The van der Waals surface area contributed by atoms with Gasteiger partial charge in [0.25, 0.3) is 5.91 Å². The van der Waals surface area contributed by atoms with Crippen molar-refractivity contribution in [3.8, 4) is 5.82 Å². The van der Waals surface area contributed by atoms with Crippen LogP contribution in [0.15, 0.2) is 36.7 Å². The summed E-state index contributed by atoms with van der Waals surface area (Å²) in [7, 11) is 0. The molecule has 1 amide bonds. The summed E-state index contributed by atoms with van der Waals surface area (Å²) < 4.78 is 1.64. The molecule has 2 aromatic heterocycles. The van der Waals surface area contributed by atoms with Gasteiger partial charge in [-0.15, -0.1) is 0 Å². The minimum Gasteiger partial charge on any atom is -0.351 e. The molecule has 3 heterocycles. The zero-order valence-corrected chi connectivity index (χ0v) is 12.5. The molecule has 1 aliphatic rings. The van der Waals surface area contributed by atoms with Crippen LogP contribution in [-0.2, 0) is 0 Å². The van der Waals surface area contributed by atoms with Gasteiger partial charge in [-0.05, 0) is 56.5 Å². The van der Waals surface area contributed by atoms with Crippen LogP contribution in [0.5, 0.6) is 0 Å². The molecule has 0 spiro atoms. The number of nitrogens with one attached hydrogen (secondary N) is 2. The summed E-state index contributed by atoms with van der Waals surface area (Å²) in [6, 6.07) is 7.21. The maximum absolute atomic E-state index is 12.2. The van der Waals surface area contributed by atoms with E-state index in [2.05, 4.69) is 20.7 Å². The number of piperidine rings is 1. The second-order valence-electron chi connectivity index (χ2n) is 5.59. The second kappa shape index (κ2) is 7.17. The molecule has 1 atom stereocenters. The number of carbonyl (C=O) groups is 1. The highest BCUT2D eigenvalue weighted by Gasteiger charge is 2.14. The molecule has 116 valence electrons. The predicted molar refractivity (Wildman–Crippen MR) is 83.9 cm³/mol. The van der Waals surface area contributed by atoms with Gasteiger partial charge in [-0.2, -0.15) is 5.10 Å². The summed E-state index contributed by atoms with van der Waals surface area (Å²) in [5, 5.41) is 10.5. The molecule has 2 aromatic rings. The molecule has 6 nitrogen and oxygen atoms in total. The Labute approximate surface area is 129 Å². The third-order valence-electron chi connectivity index (χ3n) is 3.94. The van der Waals surface area contributed by atoms with E-state index in [4.69, 9.17) is 0 Å². The molecule has 1 aliphatic heterocycles. The first-order chi connectivity index (χ1) is 10.8. The van der Waals surface area contributed by atoms with Crippen LogP contribution >= 0.6 is 0 Å². The molecule has 1 unspecified atom stereocenters. The van der Waals surface area contributed by atoms with Gasteiger partial charge in [0.1, 0.15) is 5.69 Å². The van der Waals surface area contributed by atoms with Gasteiger partial charge in [-0.3, -0.25) is 4.79 Å². The van der Waals surface area contributed by atoms with Crippen molar-refractivity contribution in [2.24, 2.45) is 5.92 Å². The van der Waals surface area contributed by atoms with Crippen LogP contribution in [0.3, 0.4) is 0 Å². The monoisotopic (exact) mass is 299 g/mol. The fourth-order valence-corrected chi connectivity index (χ4v) is 2.73. The lowest BCUT2D eigenvalue weighted by molar-refractivity contribution is 0.0945. The number of amides is 1. The SMILES string of the molecule is O=C(NCCC1CCCNC1)c1cccc(-n2cccn2)n1. The molecule has 0 bridgehead atoms. The molecule has 6 heteroatoms. The van der Waals surface area contributed by atoms with Crippen molar-refractivity contribution in [1.29, 1.82) is 0 Å². The molecule has 3 rings (SSSR count). The minimum absolute atomic E-state index is 0.127. The topological polar surface area (TPSA) is 71.8 Å². The highest BCUT2D eigenvalue weighted by atomic mass is 16.1. The Kier molecular flexibility index (Phi) is 4.80. The Balaban J connectivity index is 1.54. The molecule has 0 saturated carbocycles. The summed E-state index contributed by atoms with van der Waals surface area (Å²) in [4.78, 5) is 16.5. The number of pyridine rings is 1. The summed E-state index contributed by atoms with van der Waals surface area (Å²) in [6.45, 7) is 2.87. The first kappa shape index (κ1) is 14.7. The van der Waals surface area contributed by atoms with E-state index in [1.54, 1.807) is 23.1 Å². The number of hydrogen-bond donors (Lipinski definition) is 2. The molecule has 2 N–H and O–H groups in total. The summed E-state index contributed by atoms with van der Waals surface area (Å²) in [5.74, 6) is 1.18. The Hall–Kier alpha value is -2.21. The molecule has 0 radical (unpaired) electrons. The third kappa shape index (κ3) is 3.71. The zero-order valence-electron chi connectivity index (χ0n) is 12.5. The van der Waals surface area contributed by atoms with Crippen molar-refractivity contribution in [3.05, 3.63) is 42.4 Å². The third-order valence-corrected chi connectivity index (χ3v) is 3.94. The van der Waals surface area contributed by atoms with Crippen LogP contribution in [0.25, 0.3) is 5.82 Å². The van der Waals surface area contributed by atoms with Gasteiger partial charge in [0, 0.05) is 18.9 Å². The fourth-order valence-electron chi connectivity index (χ4n) is 2.73. The lowest BCUT2D eigenvalue weighted by Crippen LogP contribution is -2.33. The molecular formula is C16H21N5O. The van der Waals surface area contributed by atoms with Crippen molar-refractivity contribution in [2.75, 3.05) is 19.6 Å². The van der Waals surface area contributed by atoms with E-state index < -0.39 is 0 Å². The van der Waals surface area contributed by atoms with Gasteiger partial charge in [0.2, 0.25) is 0 Å². The van der Waals surface area contributed by atoms with E-state index in [1.807, 2.05) is 18.2 Å². The maximum atomic E-state index is 12.2. The first-order valence-electron chi connectivity index (χ1n) is 7.79. The van der Waals surface area contributed by atoms with E-state index >= 15 is 0 Å². The second-order valence-corrected chi connectivity index (χ2v) is 5.59. The van der Waals surface area contributed by atoms with E-state index in [9.17, 15) is 4.79 Å². The smallest absolute Gasteiger partial charge is 0.269 e. The van der Waals surface area contributed by atoms with Gasteiger partial charge < -0.3 is 10.6 Å². The predicted octanol–water partition coefficient (Wildman–Crippen LogP) is 1.39. The van der Waals surface area contributed by atoms with Crippen molar-refractivity contribution in [3.63, 3.8) is 0 Å². The summed E-state index contributed by atoms with van der Waals surface area (Å²) in [5.41, 5.74) is 0.426. The van der Waals surface area contributed by atoms with Crippen molar-refractivity contribution < 1.29 is 4.79 Å². The normalized spacial score (nSPS) is 18.1. The van der Waals surface area contributed by atoms with Crippen molar-refractivity contribution in [2.45, 2.75) is 19.3 Å². The van der Waals surface area contributed by atoms with Crippen molar-refractivity contribution in [1.82, 2.24) is 25.4 Å². The Bertz CT molecular complexity index is 605. The van der Waals surface area contributed by atoms with Gasteiger partial charge in [-0.1, -0.05) is 6.07 Å². The lowest BCUT2D eigenvalue weighted by atomic mass is 9.96. The Morgan fingerprint density at radius 2 is 2.36 bits per heavy atom.